The molecule has 4 amide bonds. The van der Waals surface area contributed by atoms with E-state index < -0.39 is 42.0 Å². The second kappa shape index (κ2) is 15.5. The van der Waals surface area contributed by atoms with Crippen molar-refractivity contribution < 1.29 is 28.7 Å². The van der Waals surface area contributed by atoms with Crippen molar-refractivity contribution in [1.82, 2.24) is 20.9 Å². The van der Waals surface area contributed by atoms with E-state index in [0.717, 1.165) is 16.7 Å². The van der Waals surface area contributed by atoms with E-state index >= 15 is 0 Å². The summed E-state index contributed by atoms with van der Waals surface area (Å²) in [6, 6.07) is 13.5. The number of nitrogens with zero attached hydrogens (tertiary/aromatic N) is 1. The summed E-state index contributed by atoms with van der Waals surface area (Å²) in [7, 11) is 1.27. The summed E-state index contributed by atoms with van der Waals surface area (Å²) in [5.41, 5.74) is 2.70. The van der Waals surface area contributed by atoms with Crippen molar-refractivity contribution in [2.45, 2.75) is 89.4 Å². The number of esters is 1. The van der Waals surface area contributed by atoms with Gasteiger partial charge in [0, 0.05) is 25.8 Å². The summed E-state index contributed by atoms with van der Waals surface area (Å²) in [5.74, 6) is -2.02. The summed E-state index contributed by atoms with van der Waals surface area (Å²) in [6.45, 7) is 4.42. The second-order valence-corrected chi connectivity index (χ2v) is 12.0. The van der Waals surface area contributed by atoms with Crippen molar-refractivity contribution in [2.24, 2.45) is 5.92 Å². The van der Waals surface area contributed by atoms with Gasteiger partial charge in [0.05, 0.1) is 7.11 Å². The Morgan fingerprint density at radius 2 is 1.48 bits per heavy atom. The van der Waals surface area contributed by atoms with Crippen LogP contribution in [-0.2, 0) is 48.0 Å². The van der Waals surface area contributed by atoms with Crippen LogP contribution in [0.25, 0.3) is 0 Å². The minimum Gasteiger partial charge on any atom is -0.467 e. The lowest BCUT2D eigenvalue weighted by Gasteiger charge is -2.28. The maximum absolute atomic E-state index is 13.7. The summed E-state index contributed by atoms with van der Waals surface area (Å²) in [6.07, 6.45) is 3.57. The predicted octanol–water partition coefficient (Wildman–Crippen LogP) is 2.47. The summed E-state index contributed by atoms with van der Waals surface area (Å²) in [4.78, 5) is 68.6. The number of fused-ring (bicyclic) bond motifs is 14. The third-order valence-electron chi connectivity index (χ3n) is 8.37. The summed E-state index contributed by atoms with van der Waals surface area (Å²) < 4.78 is 5.01. The highest BCUT2D eigenvalue weighted by molar-refractivity contribution is 5.95. The van der Waals surface area contributed by atoms with Gasteiger partial charge >= 0.3 is 5.97 Å². The average molecular weight is 605 g/mol. The molecule has 0 aliphatic carbocycles. The number of benzene rings is 2. The molecule has 0 radical (unpaired) electrons. The standard InChI is InChI=1S/C34H44N4O6/c1-4-9-26-31(40)36-27(20-23-10-6-5-7-11-23)32(41)37-28(34(43)44-3)21-25-15-13-24(14-16-25)18-22(2)19-30(39)38-17-8-12-29(38)33(42)35-26/h5-7,10-11,13-16,22,26-29H,4,8-9,12,17-21H2,1-3H3,(H,35,42)(H,36,40)(H,37,41)/t22-,26-,27-,28?,29-/m0/s1. The number of carbonyl (C=O) groups excluding carboxylic acids is 5. The van der Waals surface area contributed by atoms with Gasteiger partial charge in [0.15, 0.2) is 0 Å². The average Bonchev–Trinajstić information content (AvgIpc) is 3.51. The van der Waals surface area contributed by atoms with Crippen molar-refractivity contribution in [2.75, 3.05) is 13.7 Å². The maximum Gasteiger partial charge on any atom is 0.328 e. The molecular formula is C34H44N4O6. The minimum absolute atomic E-state index is 0.0468. The minimum atomic E-state index is -1.02. The number of methoxy groups -OCH3 is 1. The van der Waals surface area contributed by atoms with Crippen LogP contribution >= 0.6 is 0 Å². The molecule has 3 aliphatic heterocycles. The molecule has 1 saturated heterocycles. The zero-order valence-electron chi connectivity index (χ0n) is 25.8. The van der Waals surface area contributed by atoms with E-state index in [1.165, 1.54) is 7.11 Å². The lowest BCUT2D eigenvalue weighted by Crippen LogP contribution is -2.58. The van der Waals surface area contributed by atoms with Crippen LogP contribution in [0.5, 0.6) is 0 Å². The largest absolute Gasteiger partial charge is 0.467 e. The Labute approximate surface area is 259 Å². The van der Waals surface area contributed by atoms with E-state index in [-0.39, 0.29) is 30.6 Å². The lowest BCUT2D eigenvalue weighted by atomic mass is 9.95. The van der Waals surface area contributed by atoms with E-state index in [1.807, 2.05) is 68.4 Å². The molecule has 236 valence electrons. The first kappa shape index (κ1) is 32.7. The molecule has 0 aromatic heterocycles. The molecule has 0 spiro atoms. The molecule has 3 N–H and O–H groups in total. The zero-order valence-corrected chi connectivity index (χ0v) is 25.8. The van der Waals surface area contributed by atoms with Crippen LogP contribution in [0.1, 0.15) is 62.6 Å². The number of hydrogen-bond donors (Lipinski definition) is 3. The van der Waals surface area contributed by atoms with E-state index in [4.69, 9.17) is 4.74 Å². The smallest absolute Gasteiger partial charge is 0.328 e. The van der Waals surface area contributed by atoms with Gasteiger partial charge < -0.3 is 25.6 Å². The number of amides is 4. The Kier molecular flexibility index (Phi) is 11.5. The van der Waals surface area contributed by atoms with Gasteiger partial charge in [-0.3, -0.25) is 19.2 Å². The molecule has 5 atom stereocenters. The molecular weight excluding hydrogens is 560 g/mol. The Morgan fingerprint density at radius 3 is 2.14 bits per heavy atom. The quantitative estimate of drug-likeness (QED) is 0.355. The second-order valence-electron chi connectivity index (χ2n) is 12.0. The predicted molar refractivity (Wildman–Crippen MR) is 165 cm³/mol. The fourth-order valence-electron chi connectivity index (χ4n) is 6.04. The van der Waals surface area contributed by atoms with Crippen molar-refractivity contribution in [3.05, 3.63) is 71.3 Å². The first-order valence-corrected chi connectivity index (χ1v) is 15.6. The highest BCUT2D eigenvalue weighted by Crippen LogP contribution is 2.22. The van der Waals surface area contributed by atoms with Gasteiger partial charge in [-0.15, -0.1) is 0 Å². The van der Waals surface area contributed by atoms with Crippen molar-refractivity contribution in [3.8, 4) is 0 Å². The Morgan fingerprint density at radius 1 is 0.841 bits per heavy atom. The van der Waals surface area contributed by atoms with Crippen molar-refractivity contribution >= 4 is 29.6 Å². The first-order valence-electron chi connectivity index (χ1n) is 15.6. The molecule has 2 aromatic rings. The van der Waals surface area contributed by atoms with Gasteiger partial charge in [0.2, 0.25) is 23.6 Å². The molecule has 44 heavy (non-hydrogen) atoms. The van der Waals surface area contributed by atoms with Gasteiger partial charge in [-0.2, -0.15) is 0 Å². The highest BCUT2D eigenvalue weighted by Gasteiger charge is 2.37. The van der Waals surface area contributed by atoms with Crippen LogP contribution in [-0.4, -0.2) is 72.3 Å². The zero-order chi connectivity index (χ0) is 31.6. The van der Waals surface area contributed by atoms with Crippen LogP contribution in [0.3, 0.4) is 0 Å². The monoisotopic (exact) mass is 604 g/mol. The van der Waals surface area contributed by atoms with Crippen LogP contribution in [0, 0.1) is 5.92 Å². The van der Waals surface area contributed by atoms with E-state index in [9.17, 15) is 24.0 Å². The Hall–Kier alpha value is -4.21. The number of nitrogens with one attached hydrogen (secondary N) is 3. The molecule has 0 saturated carbocycles. The molecule has 3 aliphatic rings. The SMILES string of the molecule is CCC[C@@H]1NC(=O)[C@@H]2CCCN2C(=O)C[C@@H](C)Cc2ccc(cc2)CC(C(=O)OC)NC(=O)[C@H](Cc2ccccc2)NC1=O. The van der Waals surface area contributed by atoms with Crippen LogP contribution in [0.4, 0.5) is 0 Å². The van der Waals surface area contributed by atoms with Crippen LogP contribution < -0.4 is 16.0 Å². The van der Waals surface area contributed by atoms with Gasteiger partial charge in [-0.25, -0.2) is 4.79 Å². The molecule has 1 fully saturated rings. The third kappa shape index (κ3) is 8.67. The molecule has 10 heteroatoms. The number of carbonyl (C=O) groups is 5. The van der Waals surface area contributed by atoms with E-state index in [1.54, 1.807) is 4.90 Å². The summed E-state index contributed by atoms with van der Waals surface area (Å²) >= 11 is 0. The maximum atomic E-state index is 13.7. The molecule has 5 rings (SSSR count). The highest BCUT2D eigenvalue weighted by atomic mass is 16.5. The van der Waals surface area contributed by atoms with Gasteiger partial charge in [0.1, 0.15) is 24.2 Å². The topological polar surface area (TPSA) is 134 Å². The van der Waals surface area contributed by atoms with E-state index in [2.05, 4.69) is 16.0 Å². The van der Waals surface area contributed by atoms with Crippen molar-refractivity contribution in [3.63, 3.8) is 0 Å². The number of rotatable bonds is 5. The Bertz CT molecular complexity index is 1310. The Balaban J connectivity index is 1.67. The molecule has 3 heterocycles. The van der Waals surface area contributed by atoms with Crippen LogP contribution in [0.15, 0.2) is 54.6 Å². The van der Waals surface area contributed by atoms with Gasteiger partial charge in [-0.05, 0) is 48.3 Å². The van der Waals surface area contributed by atoms with E-state index in [0.29, 0.717) is 45.1 Å². The number of ether oxygens (including phenoxy) is 1. The lowest BCUT2D eigenvalue weighted by molar-refractivity contribution is -0.145. The normalized spacial score (nSPS) is 25.4. The fraction of sp³-hybridized carbons (Fsp3) is 0.500. The van der Waals surface area contributed by atoms with Gasteiger partial charge in [0.25, 0.3) is 0 Å². The van der Waals surface area contributed by atoms with Crippen LogP contribution in [0.2, 0.25) is 0 Å². The molecule has 2 bridgehead atoms. The third-order valence-corrected chi connectivity index (χ3v) is 8.37. The fourth-order valence-corrected chi connectivity index (χ4v) is 6.04. The van der Waals surface area contributed by atoms with Gasteiger partial charge in [-0.1, -0.05) is 74.9 Å². The molecule has 10 nitrogen and oxygen atoms in total. The molecule has 1 unspecified atom stereocenters. The summed E-state index contributed by atoms with van der Waals surface area (Å²) in [5, 5.41) is 8.52. The number of hydrogen-bond acceptors (Lipinski definition) is 6. The first-order chi connectivity index (χ1) is 21.2. The van der Waals surface area contributed by atoms with Crippen molar-refractivity contribution in [1.29, 1.82) is 0 Å². The molecule has 2 aromatic carbocycles.